The molecule has 1 saturated heterocycles. The van der Waals surface area contributed by atoms with Crippen LogP contribution in [0.1, 0.15) is 36.9 Å². The van der Waals surface area contributed by atoms with E-state index < -0.39 is 0 Å². The highest BCUT2D eigenvalue weighted by molar-refractivity contribution is 7.09. The summed E-state index contributed by atoms with van der Waals surface area (Å²) in [6.07, 6.45) is 5.38. The fourth-order valence-electron chi connectivity index (χ4n) is 3.08. The lowest BCUT2D eigenvalue weighted by Crippen LogP contribution is -2.31. The first-order valence-corrected chi connectivity index (χ1v) is 10.4. The van der Waals surface area contributed by atoms with Crippen molar-refractivity contribution in [2.45, 2.75) is 39.0 Å². The van der Waals surface area contributed by atoms with Gasteiger partial charge < -0.3 is 15.5 Å². The lowest BCUT2D eigenvalue weighted by molar-refractivity contribution is 0.252. The first-order chi connectivity index (χ1) is 12.7. The summed E-state index contributed by atoms with van der Waals surface area (Å²) in [5.74, 6) is 0. The highest BCUT2D eigenvalue weighted by atomic mass is 35.5. The molecule has 3 rings (SSSR count). The summed E-state index contributed by atoms with van der Waals surface area (Å²) in [5.41, 5.74) is 2.78. The number of halogens is 1. The number of thiazole rings is 1. The van der Waals surface area contributed by atoms with Crippen molar-refractivity contribution in [3.8, 4) is 0 Å². The van der Waals surface area contributed by atoms with Crippen LogP contribution in [-0.2, 0) is 12.8 Å². The first-order valence-electron chi connectivity index (χ1n) is 9.18. The van der Waals surface area contributed by atoms with Gasteiger partial charge in [0.25, 0.3) is 0 Å². The van der Waals surface area contributed by atoms with Crippen molar-refractivity contribution in [3.63, 3.8) is 0 Å². The van der Waals surface area contributed by atoms with Crippen molar-refractivity contribution >= 4 is 40.3 Å². The zero-order valence-electron chi connectivity index (χ0n) is 15.1. The van der Waals surface area contributed by atoms with Crippen molar-refractivity contribution in [1.82, 2.24) is 10.3 Å². The average molecular weight is 393 g/mol. The van der Waals surface area contributed by atoms with Gasteiger partial charge in [0.2, 0.25) is 0 Å². The van der Waals surface area contributed by atoms with Crippen molar-refractivity contribution in [1.29, 1.82) is 0 Å². The molecule has 0 atom stereocenters. The van der Waals surface area contributed by atoms with Crippen LogP contribution in [0.5, 0.6) is 0 Å². The van der Waals surface area contributed by atoms with Crippen LogP contribution in [0, 0.1) is 0 Å². The number of anilines is 2. The van der Waals surface area contributed by atoms with Gasteiger partial charge in [0.05, 0.1) is 21.4 Å². The van der Waals surface area contributed by atoms with Crippen LogP contribution < -0.4 is 15.5 Å². The second-order valence-electron chi connectivity index (χ2n) is 6.43. The van der Waals surface area contributed by atoms with Crippen LogP contribution in [0.4, 0.5) is 16.2 Å². The number of hydrogen-bond donors (Lipinski definition) is 2. The Morgan fingerprint density at radius 3 is 2.81 bits per heavy atom. The maximum atomic E-state index is 12.1. The summed E-state index contributed by atoms with van der Waals surface area (Å²) >= 11 is 8.09. The van der Waals surface area contributed by atoms with E-state index in [1.807, 2.05) is 18.2 Å². The number of carbonyl (C=O) groups excluding carboxylic acids is 1. The molecule has 2 aromatic rings. The van der Waals surface area contributed by atoms with E-state index in [9.17, 15) is 4.79 Å². The van der Waals surface area contributed by atoms with Gasteiger partial charge in [-0.25, -0.2) is 9.78 Å². The maximum absolute atomic E-state index is 12.1. The number of aryl methyl sites for hydroxylation is 1. The van der Waals surface area contributed by atoms with Crippen LogP contribution >= 0.6 is 22.9 Å². The Bertz CT molecular complexity index is 743. The second-order valence-corrected chi connectivity index (χ2v) is 7.78. The molecule has 0 unspecified atom stereocenters. The normalized spacial score (nSPS) is 14.3. The topological polar surface area (TPSA) is 57.3 Å². The number of urea groups is 1. The quantitative estimate of drug-likeness (QED) is 0.748. The predicted octanol–water partition coefficient (Wildman–Crippen LogP) is 4.71. The van der Waals surface area contributed by atoms with E-state index in [4.69, 9.17) is 11.6 Å². The molecule has 1 aromatic carbocycles. The van der Waals surface area contributed by atoms with Gasteiger partial charge in [0, 0.05) is 37.1 Å². The van der Waals surface area contributed by atoms with Gasteiger partial charge in [0.1, 0.15) is 0 Å². The molecule has 1 aromatic heterocycles. The minimum absolute atomic E-state index is 0.224. The lowest BCUT2D eigenvalue weighted by Gasteiger charge is -2.29. The molecule has 26 heavy (non-hydrogen) atoms. The fourth-order valence-corrected chi connectivity index (χ4v) is 4.16. The molecule has 0 bridgehead atoms. The van der Waals surface area contributed by atoms with Crippen molar-refractivity contribution < 1.29 is 4.79 Å². The molecule has 7 heteroatoms. The second kappa shape index (κ2) is 9.24. The summed E-state index contributed by atoms with van der Waals surface area (Å²) in [7, 11) is 0. The largest absolute Gasteiger partial charge is 0.370 e. The Balaban J connectivity index is 1.48. The van der Waals surface area contributed by atoms with Crippen molar-refractivity contribution in [2.24, 2.45) is 0 Å². The van der Waals surface area contributed by atoms with Crippen LogP contribution in [-0.4, -0.2) is 30.6 Å². The predicted molar refractivity (Wildman–Crippen MR) is 110 cm³/mol. The average Bonchev–Trinajstić information content (AvgIpc) is 3.10. The molecule has 1 aliphatic rings. The van der Waals surface area contributed by atoms with E-state index in [1.165, 1.54) is 19.3 Å². The smallest absolute Gasteiger partial charge is 0.319 e. The monoisotopic (exact) mass is 392 g/mol. The van der Waals surface area contributed by atoms with Gasteiger partial charge in [-0.2, -0.15) is 0 Å². The molecule has 0 spiro atoms. The summed E-state index contributed by atoms with van der Waals surface area (Å²) < 4.78 is 0. The highest BCUT2D eigenvalue weighted by Crippen LogP contribution is 2.30. The first kappa shape index (κ1) is 19.0. The molecule has 5 nitrogen and oxygen atoms in total. The lowest BCUT2D eigenvalue weighted by atomic mass is 10.1. The van der Waals surface area contributed by atoms with Crippen molar-refractivity contribution in [2.75, 3.05) is 29.9 Å². The minimum atomic E-state index is -0.224. The van der Waals surface area contributed by atoms with E-state index in [-0.39, 0.29) is 6.03 Å². The zero-order valence-corrected chi connectivity index (χ0v) is 16.6. The number of piperidine rings is 1. The standard InChI is InChI=1S/C19H25ClN4OS/c1-2-18-22-15(13-26-18)8-9-21-19(25)23-14-6-7-17(16(20)12-14)24-10-4-3-5-11-24/h6-7,12-13H,2-5,8-11H2,1H3,(H2,21,23,25). The van der Waals surface area contributed by atoms with E-state index >= 15 is 0 Å². The third-order valence-corrected chi connectivity index (χ3v) is 5.82. The number of hydrogen-bond acceptors (Lipinski definition) is 4. The molecule has 0 radical (unpaired) electrons. The number of nitrogens with zero attached hydrogens (tertiary/aromatic N) is 2. The zero-order chi connectivity index (χ0) is 18.4. The molecule has 0 saturated carbocycles. The van der Waals surface area contributed by atoms with Gasteiger partial charge in [-0.3, -0.25) is 0 Å². The summed E-state index contributed by atoms with van der Waals surface area (Å²) in [6.45, 7) is 4.74. The van der Waals surface area contributed by atoms with E-state index in [0.29, 0.717) is 17.3 Å². The minimum Gasteiger partial charge on any atom is -0.370 e. The molecular formula is C19H25ClN4OS. The number of aromatic nitrogens is 1. The molecule has 1 fully saturated rings. The molecule has 1 aliphatic heterocycles. The number of amides is 2. The van der Waals surface area contributed by atoms with Gasteiger partial charge in [-0.05, 0) is 43.9 Å². The Morgan fingerprint density at radius 2 is 2.12 bits per heavy atom. The van der Waals surface area contributed by atoms with Crippen LogP contribution in [0.2, 0.25) is 5.02 Å². The van der Waals surface area contributed by atoms with E-state index in [0.717, 1.165) is 42.3 Å². The fraction of sp³-hybridized carbons (Fsp3) is 0.474. The molecule has 2 amide bonds. The van der Waals surface area contributed by atoms with Crippen LogP contribution in [0.15, 0.2) is 23.6 Å². The molecule has 0 aliphatic carbocycles. The van der Waals surface area contributed by atoms with Gasteiger partial charge in [-0.1, -0.05) is 18.5 Å². The maximum Gasteiger partial charge on any atom is 0.319 e. The SMILES string of the molecule is CCc1nc(CCNC(=O)Nc2ccc(N3CCCCC3)c(Cl)c2)cs1. The van der Waals surface area contributed by atoms with Gasteiger partial charge in [-0.15, -0.1) is 11.3 Å². The summed E-state index contributed by atoms with van der Waals surface area (Å²) in [6, 6.07) is 5.49. The Morgan fingerprint density at radius 1 is 1.31 bits per heavy atom. The third-order valence-electron chi connectivity index (χ3n) is 4.47. The van der Waals surface area contributed by atoms with E-state index in [2.05, 4.69) is 32.8 Å². The summed E-state index contributed by atoms with van der Waals surface area (Å²) in [5, 5.41) is 9.58. The van der Waals surface area contributed by atoms with Crippen LogP contribution in [0.25, 0.3) is 0 Å². The Hall–Kier alpha value is -1.79. The molecule has 2 heterocycles. The third kappa shape index (κ3) is 5.11. The number of benzene rings is 1. The van der Waals surface area contributed by atoms with Gasteiger partial charge in [0.15, 0.2) is 0 Å². The highest BCUT2D eigenvalue weighted by Gasteiger charge is 2.14. The number of carbonyl (C=O) groups is 1. The van der Waals surface area contributed by atoms with Crippen molar-refractivity contribution in [3.05, 3.63) is 39.3 Å². The Labute approximate surface area is 163 Å². The van der Waals surface area contributed by atoms with E-state index in [1.54, 1.807) is 11.3 Å². The van der Waals surface area contributed by atoms with Crippen LogP contribution in [0.3, 0.4) is 0 Å². The van der Waals surface area contributed by atoms with Gasteiger partial charge >= 0.3 is 6.03 Å². The number of nitrogens with one attached hydrogen (secondary N) is 2. The molecule has 2 N–H and O–H groups in total. The Kier molecular flexibility index (Phi) is 6.74. The summed E-state index contributed by atoms with van der Waals surface area (Å²) in [4.78, 5) is 18.9. The molecular weight excluding hydrogens is 368 g/mol. The number of rotatable bonds is 6. The molecule has 140 valence electrons.